The second-order valence-corrected chi connectivity index (χ2v) is 4.85. The standard InChI is InChI=1S/C12H20N4O/c1-8(2)9-6-11(13)15-12(14-9)10-7-16(3)4-5-17-10/h6,8,10H,4-5,7H2,1-3H3,(H2,13,14,15). The van der Waals surface area contributed by atoms with Gasteiger partial charge in [-0.05, 0) is 13.0 Å². The summed E-state index contributed by atoms with van der Waals surface area (Å²) < 4.78 is 5.70. The van der Waals surface area contributed by atoms with Crippen LogP contribution < -0.4 is 5.73 Å². The molecule has 2 heterocycles. The third kappa shape index (κ3) is 2.92. The minimum atomic E-state index is -0.0604. The molecule has 5 nitrogen and oxygen atoms in total. The average Bonchev–Trinajstić information content (AvgIpc) is 2.28. The van der Waals surface area contributed by atoms with Crippen LogP contribution in [0.1, 0.15) is 37.4 Å². The Labute approximate surface area is 102 Å². The fourth-order valence-corrected chi connectivity index (χ4v) is 1.88. The second kappa shape index (κ2) is 4.98. The number of morpholine rings is 1. The molecule has 2 rings (SSSR count). The quantitative estimate of drug-likeness (QED) is 0.835. The molecule has 0 bridgehead atoms. The number of nitrogen functional groups attached to an aromatic ring is 1. The third-order valence-electron chi connectivity index (χ3n) is 2.93. The van der Waals surface area contributed by atoms with E-state index >= 15 is 0 Å². The second-order valence-electron chi connectivity index (χ2n) is 4.85. The van der Waals surface area contributed by atoms with Gasteiger partial charge in [0.15, 0.2) is 5.82 Å². The Balaban J connectivity index is 2.25. The molecule has 1 fully saturated rings. The van der Waals surface area contributed by atoms with E-state index in [4.69, 9.17) is 10.5 Å². The van der Waals surface area contributed by atoms with E-state index in [-0.39, 0.29) is 6.10 Å². The Hall–Kier alpha value is -1.20. The molecule has 1 unspecified atom stereocenters. The lowest BCUT2D eigenvalue weighted by molar-refractivity contribution is -0.0255. The average molecular weight is 236 g/mol. The normalized spacial score (nSPS) is 22.0. The number of nitrogens with zero attached hydrogens (tertiary/aromatic N) is 3. The molecular weight excluding hydrogens is 216 g/mol. The fraction of sp³-hybridized carbons (Fsp3) is 0.667. The minimum absolute atomic E-state index is 0.0604. The Bertz CT molecular complexity index is 394. The van der Waals surface area contributed by atoms with Gasteiger partial charge in [0.05, 0.1) is 6.61 Å². The van der Waals surface area contributed by atoms with E-state index in [1.165, 1.54) is 0 Å². The molecule has 1 aliphatic heterocycles. The van der Waals surface area contributed by atoms with Crippen LogP contribution in [0.2, 0.25) is 0 Å². The van der Waals surface area contributed by atoms with Crippen molar-refractivity contribution in [3.05, 3.63) is 17.6 Å². The zero-order valence-corrected chi connectivity index (χ0v) is 10.7. The van der Waals surface area contributed by atoms with Crippen LogP contribution >= 0.6 is 0 Å². The highest BCUT2D eigenvalue weighted by Gasteiger charge is 2.23. The first-order valence-corrected chi connectivity index (χ1v) is 6.00. The van der Waals surface area contributed by atoms with E-state index in [0.29, 0.717) is 17.6 Å². The van der Waals surface area contributed by atoms with Crippen LogP contribution in [-0.4, -0.2) is 41.6 Å². The number of aromatic nitrogens is 2. The fourth-order valence-electron chi connectivity index (χ4n) is 1.88. The smallest absolute Gasteiger partial charge is 0.161 e. The van der Waals surface area contributed by atoms with Gasteiger partial charge in [0.2, 0.25) is 0 Å². The summed E-state index contributed by atoms with van der Waals surface area (Å²) in [5, 5.41) is 0. The number of hydrogen-bond acceptors (Lipinski definition) is 5. The third-order valence-corrected chi connectivity index (χ3v) is 2.93. The number of ether oxygens (including phenoxy) is 1. The number of anilines is 1. The van der Waals surface area contributed by atoms with E-state index in [1.54, 1.807) is 0 Å². The summed E-state index contributed by atoms with van der Waals surface area (Å²) in [5.41, 5.74) is 6.79. The summed E-state index contributed by atoms with van der Waals surface area (Å²) in [5.74, 6) is 1.58. The first-order chi connectivity index (χ1) is 8.06. The molecule has 0 amide bonds. The van der Waals surface area contributed by atoms with Crippen molar-refractivity contribution in [1.82, 2.24) is 14.9 Å². The zero-order chi connectivity index (χ0) is 12.4. The van der Waals surface area contributed by atoms with Crippen molar-refractivity contribution < 1.29 is 4.74 Å². The monoisotopic (exact) mass is 236 g/mol. The van der Waals surface area contributed by atoms with Crippen molar-refractivity contribution in [3.63, 3.8) is 0 Å². The van der Waals surface area contributed by atoms with Gasteiger partial charge in [-0.1, -0.05) is 13.8 Å². The number of rotatable bonds is 2. The first kappa shape index (κ1) is 12.3. The number of likely N-dealkylation sites (N-methyl/N-ethyl adjacent to an activating group) is 1. The molecule has 5 heteroatoms. The van der Waals surface area contributed by atoms with Crippen molar-refractivity contribution in [2.75, 3.05) is 32.5 Å². The summed E-state index contributed by atoms with van der Waals surface area (Å²) in [6, 6.07) is 1.83. The lowest BCUT2D eigenvalue weighted by Crippen LogP contribution is -2.36. The number of hydrogen-bond donors (Lipinski definition) is 1. The lowest BCUT2D eigenvalue weighted by Gasteiger charge is -2.29. The maximum absolute atomic E-state index is 5.82. The van der Waals surface area contributed by atoms with E-state index in [1.807, 2.05) is 6.07 Å². The molecule has 1 aliphatic rings. The van der Waals surface area contributed by atoms with E-state index in [9.17, 15) is 0 Å². The van der Waals surface area contributed by atoms with Crippen molar-refractivity contribution >= 4 is 5.82 Å². The Morgan fingerprint density at radius 3 is 2.88 bits per heavy atom. The predicted molar refractivity (Wildman–Crippen MR) is 66.7 cm³/mol. The Kier molecular flexibility index (Phi) is 3.59. The first-order valence-electron chi connectivity index (χ1n) is 6.00. The summed E-state index contributed by atoms with van der Waals surface area (Å²) in [7, 11) is 2.07. The van der Waals surface area contributed by atoms with Crippen molar-refractivity contribution in [2.24, 2.45) is 0 Å². The van der Waals surface area contributed by atoms with Gasteiger partial charge in [-0.2, -0.15) is 0 Å². The maximum Gasteiger partial charge on any atom is 0.161 e. The van der Waals surface area contributed by atoms with Gasteiger partial charge in [-0.3, -0.25) is 0 Å². The predicted octanol–water partition coefficient (Wildman–Crippen LogP) is 1.19. The highest BCUT2D eigenvalue weighted by molar-refractivity contribution is 5.31. The van der Waals surface area contributed by atoms with E-state index < -0.39 is 0 Å². The van der Waals surface area contributed by atoms with Crippen LogP contribution in [-0.2, 0) is 4.74 Å². The van der Waals surface area contributed by atoms with Gasteiger partial charge >= 0.3 is 0 Å². The van der Waals surface area contributed by atoms with Gasteiger partial charge < -0.3 is 15.4 Å². The van der Waals surface area contributed by atoms with Gasteiger partial charge in [0.25, 0.3) is 0 Å². The van der Waals surface area contributed by atoms with Crippen LogP contribution in [0, 0.1) is 0 Å². The molecule has 1 saturated heterocycles. The lowest BCUT2D eigenvalue weighted by atomic mass is 10.1. The molecule has 17 heavy (non-hydrogen) atoms. The zero-order valence-electron chi connectivity index (χ0n) is 10.7. The highest BCUT2D eigenvalue weighted by atomic mass is 16.5. The molecule has 0 radical (unpaired) electrons. The highest BCUT2D eigenvalue weighted by Crippen LogP contribution is 2.21. The molecule has 0 aromatic carbocycles. The SMILES string of the molecule is CC(C)c1cc(N)nc(C2CN(C)CCO2)n1. The van der Waals surface area contributed by atoms with Crippen molar-refractivity contribution in [1.29, 1.82) is 0 Å². The van der Waals surface area contributed by atoms with Crippen LogP contribution in [0.25, 0.3) is 0 Å². The Morgan fingerprint density at radius 1 is 1.47 bits per heavy atom. The van der Waals surface area contributed by atoms with Crippen molar-refractivity contribution in [3.8, 4) is 0 Å². The molecular formula is C12H20N4O. The van der Waals surface area contributed by atoms with Crippen LogP contribution in [0.3, 0.4) is 0 Å². The van der Waals surface area contributed by atoms with Gasteiger partial charge in [0, 0.05) is 24.8 Å². The molecule has 2 N–H and O–H groups in total. The topological polar surface area (TPSA) is 64.3 Å². The van der Waals surface area contributed by atoms with Gasteiger partial charge in [-0.25, -0.2) is 9.97 Å². The van der Waals surface area contributed by atoms with Crippen LogP contribution in [0.5, 0.6) is 0 Å². The molecule has 1 aromatic heterocycles. The van der Waals surface area contributed by atoms with E-state index in [0.717, 1.165) is 25.4 Å². The van der Waals surface area contributed by atoms with Gasteiger partial charge in [0.1, 0.15) is 11.9 Å². The molecule has 1 aromatic rings. The molecule has 0 saturated carbocycles. The molecule has 1 atom stereocenters. The largest absolute Gasteiger partial charge is 0.384 e. The Morgan fingerprint density at radius 2 is 2.24 bits per heavy atom. The van der Waals surface area contributed by atoms with Crippen molar-refractivity contribution in [2.45, 2.75) is 25.9 Å². The van der Waals surface area contributed by atoms with Crippen LogP contribution in [0.15, 0.2) is 6.07 Å². The maximum atomic E-state index is 5.82. The van der Waals surface area contributed by atoms with Crippen LogP contribution in [0.4, 0.5) is 5.82 Å². The molecule has 0 aliphatic carbocycles. The number of nitrogens with two attached hydrogens (primary N) is 1. The summed E-state index contributed by atoms with van der Waals surface area (Å²) >= 11 is 0. The summed E-state index contributed by atoms with van der Waals surface area (Å²) in [6.07, 6.45) is -0.0604. The van der Waals surface area contributed by atoms with E-state index in [2.05, 4.69) is 35.8 Å². The minimum Gasteiger partial charge on any atom is -0.384 e. The molecule has 94 valence electrons. The summed E-state index contributed by atoms with van der Waals surface area (Å²) in [4.78, 5) is 11.1. The summed E-state index contributed by atoms with van der Waals surface area (Å²) in [6.45, 7) is 6.69. The van der Waals surface area contributed by atoms with Gasteiger partial charge in [-0.15, -0.1) is 0 Å². The molecule has 0 spiro atoms.